The fourth-order valence-electron chi connectivity index (χ4n) is 4.07. The minimum atomic E-state index is -0.546. The molecule has 10 heteroatoms. The zero-order valence-corrected chi connectivity index (χ0v) is 21.3. The number of carbonyl (C=O) groups excluding carboxylic acids is 2. The van der Waals surface area contributed by atoms with Crippen LogP contribution in [0.15, 0.2) is 47.5 Å². The maximum absolute atomic E-state index is 13.8. The molecule has 35 heavy (non-hydrogen) atoms. The Morgan fingerprint density at radius 2 is 1.83 bits per heavy atom. The van der Waals surface area contributed by atoms with Crippen LogP contribution in [0.3, 0.4) is 0 Å². The summed E-state index contributed by atoms with van der Waals surface area (Å²) in [5.41, 5.74) is 1.71. The van der Waals surface area contributed by atoms with E-state index in [2.05, 4.69) is 5.10 Å². The minimum Gasteiger partial charge on any atom is -0.383 e. The summed E-state index contributed by atoms with van der Waals surface area (Å²) in [4.78, 5) is 42.0. The number of nitrogens with one attached hydrogen (secondary N) is 1. The fourth-order valence-corrected chi connectivity index (χ4v) is 4.36. The second-order valence-corrected chi connectivity index (χ2v) is 9.38. The molecule has 2 amide bonds. The monoisotopic (exact) mass is 515 g/mol. The first-order valence-corrected chi connectivity index (χ1v) is 11.8. The summed E-state index contributed by atoms with van der Waals surface area (Å²) >= 11 is 12.2. The van der Waals surface area contributed by atoms with Crippen LogP contribution in [0.1, 0.15) is 36.6 Å². The van der Waals surface area contributed by atoms with E-state index in [4.69, 9.17) is 27.9 Å². The molecule has 1 aliphatic rings. The number of ether oxygens (including phenoxy) is 1. The zero-order chi connectivity index (χ0) is 25.4. The number of rotatable bonds is 7. The van der Waals surface area contributed by atoms with E-state index >= 15 is 0 Å². The van der Waals surface area contributed by atoms with Crippen molar-refractivity contribution in [2.24, 2.45) is 0 Å². The van der Waals surface area contributed by atoms with E-state index in [0.29, 0.717) is 16.4 Å². The molecule has 0 aliphatic carbocycles. The Hall–Kier alpha value is -3.20. The molecule has 8 nitrogen and oxygen atoms in total. The van der Waals surface area contributed by atoms with Crippen molar-refractivity contribution < 1.29 is 18.9 Å². The molecule has 2 aromatic heterocycles. The first-order chi connectivity index (χ1) is 16.6. The van der Waals surface area contributed by atoms with Crippen molar-refractivity contribution in [2.75, 3.05) is 20.3 Å². The van der Waals surface area contributed by atoms with E-state index in [9.17, 15) is 14.4 Å². The quantitative estimate of drug-likeness (QED) is 0.384. The number of hydrogen-bond donors (Lipinski definition) is 1. The van der Waals surface area contributed by atoms with E-state index < -0.39 is 17.4 Å². The number of pyridine rings is 1. The number of methoxy groups -OCH3 is 1. The molecular weight excluding hydrogens is 491 g/mol. The van der Waals surface area contributed by atoms with Gasteiger partial charge in [0.05, 0.1) is 34.4 Å². The second-order valence-electron chi connectivity index (χ2n) is 8.56. The van der Waals surface area contributed by atoms with Crippen molar-refractivity contribution in [1.82, 2.24) is 14.7 Å². The van der Waals surface area contributed by atoms with Crippen LogP contribution >= 0.6 is 23.2 Å². The third-order valence-electron chi connectivity index (χ3n) is 5.78. The molecule has 0 radical (unpaired) electrons. The topological polar surface area (TPSA) is 88.3 Å². The standard InChI is InChI=1S/C25H24Cl2N4O4/c1-14(2)21-19(24(33)31(28-21)16-7-8-17(26)18(27)12-16)20-22(29-9-5-6-15(3)13-29)25(34)30(23(20)32)10-11-35-4/h5-9,12-14H,10-11H2,1-4H3/p+1. The van der Waals surface area contributed by atoms with E-state index in [1.54, 1.807) is 41.2 Å². The van der Waals surface area contributed by atoms with Crippen LogP contribution in [0.5, 0.6) is 0 Å². The van der Waals surface area contributed by atoms with E-state index in [1.807, 2.05) is 26.8 Å². The number of nitrogens with zero attached hydrogens (tertiary/aromatic N) is 3. The molecule has 1 N–H and O–H groups in total. The van der Waals surface area contributed by atoms with Gasteiger partial charge in [0, 0.05) is 24.4 Å². The van der Waals surface area contributed by atoms with Crippen molar-refractivity contribution in [3.63, 3.8) is 0 Å². The fraction of sp³-hybridized carbons (Fsp3) is 0.280. The third-order valence-corrected chi connectivity index (χ3v) is 6.52. The molecule has 0 atom stereocenters. The Balaban J connectivity index is 2.01. The lowest BCUT2D eigenvalue weighted by Crippen LogP contribution is -2.40. The van der Waals surface area contributed by atoms with E-state index in [-0.39, 0.29) is 40.9 Å². The summed E-state index contributed by atoms with van der Waals surface area (Å²) in [6.45, 7) is 5.92. The second kappa shape index (κ2) is 9.81. The van der Waals surface area contributed by atoms with Crippen molar-refractivity contribution in [1.29, 1.82) is 0 Å². The van der Waals surface area contributed by atoms with Gasteiger partial charge < -0.3 is 4.74 Å². The number of halogens is 2. The molecule has 182 valence electrons. The van der Waals surface area contributed by atoms with Crippen LogP contribution in [-0.4, -0.2) is 46.8 Å². The Kier molecular flexibility index (Phi) is 6.98. The number of benzene rings is 1. The van der Waals surface area contributed by atoms with Gasteiger partial charge in [0.1, 0.15) is 5.57 Å². The molecule has 0 bridgehead atoms. The predicted molar refractivity (Wildman–Crippen MR) is 134 cm³/mol. The molecule has 0 saturated carbocycles. The van der Waals surface area contributed by atoms with Gasteiger partial charge in [-0.25, -0.2) is 4.68 Å². The molecule has 1 aromatic carbocycles. The molecule has 3 aromatic rings. The Morgan fingerprint density at radius 3 is 2.46 bits per heavy atom. The third kappa shape index (κ3) is 4.45. The average molecular weight is 516 g/mol. The van der Waals surface area contributed by atoms with Crippen LogP contribution < -0.4 is 10.1 Å². The van der Waals surface area contributed by atoms with Gasteiger partial charge in [0.2, 0.25) is 0 Å². The Morgan fingerprint density at radius 1 is 1.09 bits per heavy atom. The first kappa shape index (κ1) is 24.9. The van der Waals surface area contributed by atoms with Gasteiger partial charge in [-0.15, -0.1) is 0 Å². The maximum Gasteiger partial charge on any atom is 0.326 e. The summed E-state index contributed by atoms with van der Waals surface area (Å²) in [7, 11) is 1.49. The lowest BCUT2D eigenvalue weighted by atomic mass is 9.98. The summed E-state index contributed by atoms with van der Waals surface area (Å²) < 4.78 is 8.01. The summed E-state index contributed by atoms with van der Waals surface area (Å²) in [6, 6.07) is 8.47. The highest BCUT2D eigenvalue weighted by atomic mass is 35.5. The number of amides is 2. The van der Waals surface area contributed by atoms with Crippen LogP contribution in [0.2, 0.25) is 10.0 Å². The Labute approximate surface area is 212 Å². The first-order valence-electron chi connectivity index (χ1n) is 11.0. The molecule has 0 unspecified atom stereocenters. The van der Waals surface area contributed by atoms with Crippen molar-refractivity contribution in [2.45, 2.75) is 26.7 Å². The highest BCUT2D eigenvalue weighted by Gasteiger charge is 2.47. The van der Waals surface area contributed by atoms with Crippen LogP contribution in [-0.2, 0) is 14.3 Å². The highest BCUT2D eigenvalue weighted by Crippen LogP contribution is 2.33. The number of aromatic nitrogens is 3. The van der Waals surface area contributed by atoms with Crippen LogP contribution in [0, 0.1) is 6.92 Å². The largest absolute Gasteiger partial charge is 0.383 e. The smallest absolute Gasteiger partial charge is 0.326 e. The molecular formula is C25H25Cl2N4O4+. The van der Waals surface area contributed by atoms with Gasteiger partial charge in [0.15, 0.2) is 12.4 Å². The average Bonchev–Trinajstić information content (AvgIpc) is 3.27. The van der Waals surface area contributed by atoms with Crippen molar-refractivity contribution in [3.8, 4) is 5.69 Å². The zero-order valence-electron chi connectivity index (χ0n) is 19.8. The summed E-state index contributed by atoms with van der Waals surface area (Å²) in [6.07, 6.45) is 3.44. The van der Waals surface area contributed by atoms with Crippen molar-refractivity contribution >= 4 is 46.3 Å². The highest BCUT2D eigenvalue weighted by molar-refractivity contribution is 6.44. The van der Waals surface area contributed by atoms with Gasteiger partial charge in [-0.2, -0.15) is 4.57 Å². The molecule has 3 heterocycles. The number of hydrogen-bond acceptors (Lipinski definition) is 4. The van der Waals surface area contributed by atoms with Crippen LogP contribution in [0.4, 0.5) is 0 Å². The number of imide groups is 1. The van der Waals surface area contributed by atoms with Crippen molar-refractivity contribution in [3.05, 3.63) is 79.9 Å². The lowest BCUT2D eigenvalue weighted by molar-refractivity contribution is -0.577. The number of H-pyrrole nitrogens is 1. The van der Waals surface area contributed by atoms with Gasteiger partial charge >= 0.3 is 5.91 Å². The number of carbonyl (C=O) groups is 2. The predicted octanol–water partition coefficient (Wildman–Crippen LogP) is 3.58. The van der Waals surface area contributed by atoms with Crippen LogP contribution in [0.25, 0.3) is 17.0 Å². The molecule has 1 aliphatic heterocycles. The van der Waals surface area contributed by atoms with Gasteiger partial charge in [-0.05, 0) is 37.1 Å². The number of aromatic amines is 1. The normalized spacial score (nSPS) is 14.1. The minimum absolute atomic E-state index is 0.0467. The molecule has 0 spiro atoms. The molecule has 0 saturated heterocycles. The number of aryl methyl sites for hydroxylation is 1. The van der Waals surface area contributed by atoms with Gasteiger partial charge in [-0.3, -0.25) is 24.4 Å². The lowest BCUT2D eigenvalue weighted by Gasteiger charge is -2.13. The maximum atomic E-state index is 13.8. The van der Waals surface area contributed by atoms with E-state index in [1.165, 1.54) is 11.8 Å². The Bertz CT molecular complexity index is 1420. The summed E-state index contributed by atoms with van der Waals surface area (Å²) in [5.74, 6) is -1.20. The van der Waals surface area contributed by atoms with Gasteiger partial charge in [-0.1, -0.05) is 37.0 Å². The van der Waals surface area contributed by atoms with E-state index in [0.717, 1.165) is 10.5 Å². The molecule has 0 fully saturated rings. The summed E-state index contributed by atoms with van der Waals surface area (Å²) in [5, 5.41) is 3.75. The SMILES string of the molecule is COCCN1C(=O)C(c2c(C(C)C)[nH]n(-c3ccc(Cl)c(Cl)c3)c2=O)=C([n+]2cccc(C)c2)C1=O. The van der Waals surface area contributed by atoms with Gasteiger partial charge in [0.25, 0.3) is 17.2 Å². The molecule has 4 rings (SSSR count).